The highest BCUT2D eigenvalue weighted by Gasteiger charge is 2.30. The smallest absolute Gasteiger partial charge is 0.337 e. The van der Waals surface area contributed by atoms with Gasteiger partial charge in [0, 0.05) is 6.54 Å². The zero-order chi connectivity index (χ0) is 15.7. The second-order valence-corrected chi connectivity index (χ2v) is 4.70. The standard InChI is InChI=1S/C14H20N2O5/c1-14(20,12(17)18)10-16-13(19)15-8-5-9-21-11-6-3-2-4-7-11/h2-4,6-7,20H,5,8-10H2,1H3,(H,17,18)(H2,15,16,19). The van der Waals surface area contributed by atoms with E-state index in [1.54, 1.807) is 0 Å². The molecule has 2 amide bonds. The third-order valence-corrected chi connectivity index (χ3v) is 2.67. The highest BCUT2D eigenvalue weighted by Crippen LogP contribution is 2.08. The van der Waals surface area contributed by atoms with Gasteiger partial charge in [0.25, 0.3) is 0 Å². The van der Waals surface area contributed by atoms with Gasteiger partial charge in [0.15, 0.2) is 5.60 Å². The van der Waals surface area contributed by atoms with Crippen molar-refractivity contribution in [2.75, 3.05) is 19.7 Å². The maximum absolute atomic E-state index is 11.4. The summed E-state index contributed by atoms with van der Waals surface area (Å²) in [6.07, 6.45) is 0.609. The maximum atomic E-state index is 11.4. The van der Waals surface area contributed by atoms with Gasteiger partial charge in [-0.25, -0.2) is 9.59 Å². The first-order valence-corrected chi connectivity index (χ1v) is 6.57. The Morgan fingerprint density at radius 3 is 2.52 bits per heavy atom. The minimum absolute atomic E-state index is 0.366. The van der Waals surface area contributed by atoms with Crippen LogP contribution >= 0.6 is 0 Å². The summed E-state index contributed by atoms with van der Waals surface area (Å²) in [4.78, 5) is 22.0. The Morgan fingerprint density at radius 2 is 1.90 bits per heavy atom. The number of carbonyl (C=O) groups excluding carboxylic acids is 1. The number of urea groups is 1. The molecule has 0 fully saturated rings. The van der Waals surface area contributed by atoms with Crippen LogP contribution in [-0.4, -0.2) is 47.5 Å². The molecule has 0 aromatic heterocycles. The average Bonchev–Trinajstić information content (AvgIpc) is 2.46. The predicted molar refractivity (Wildman–Crippen MR) is 76.2 cm³/mol. The van der Waals surface area contributed by atoms with Gasteiger partial charge in [-0.2, -0.15) is 0 Å². The molecule has 7 heteroatoms. The van der Waals surface area contributed by atoms with Crippen LogP contribution in [-0.2, 0) is 4.79 Å². The van der Waals surface area contributed by atoms with E-state index < -0.39 is 17.6 Å². The van der Waals surface area contributed by atoms with E-state index in [1.165, 1.54) is 0 Å². The number of benzene rings is 1. The highest BCUT2D eigenvalue weighted by molar-refractivity contribution is 5.79. The molecule has 0 aliphatic rings. The second kappa shape index (κ2) is 8.11. The van der Waals surface area contributed by atoms with Crippen molar-refractivity contribution in [2.45, 2.75) is 18.9 Å². The molecular formula is C14H20N2O5. The minimum Gasteiger partial charge on any atom is -0.494 e. The van der Waals surface area contributed by atoms with Crippen molar-refractivity contribution in [3.8, 4) is 5.75 Å². The highest BCUT2D eigenvalue weighted by atomic mass is 16.5. The van der Waals surface area contributed by atoms with Crippen LogP contribution in [0.15, 0.2) is 30.3 Å². The Kier molecular flexibility index (Phi) is 6.48. The van der Waals surface area contributed by atoms with Crippen molar-refractivity contribution in [3.05, 3.63) is 30.3 Å². The number of amides is 2. The van der Waals surface area contributed by atoms with E-state index in [0.717, 1.165) is 12.7 Å². The van der Waals surface area contributed by atoms with Crippen LogP contribution in [0.2, 0.25) is 0 Å². The minimum atomic E-state index is -1.98. The Labute approximate surface area is 122 Å². The van der Waals surface area contributed by atoms with E-state index in [4.69, 9.17) is 9.84 Å². The van der Waals surface area contributed by atoms with Crippen molar-refractivity contribution in [1.82, 2.24) is 10.6 Å². The van der Waals surface area contributed by atoms with Gasteiger partial charge in [0.05, 0.1) is 13.2 Å². The van der Waals surface area contributed by atoms with Crippen LogP contribution in [0, 0.1) is 0 Å². The van der Waals surface area contributed by atoms with Gasteiger partial charge in [0.1, 0.15) is 5.75 Å². The summed E-state index contributed by atoms with van der Waals surface area (Å²) >= 11 is 0. The lowest BCUT2D eigenvalue weighted by atomic mass is 10.1. The number of aliphatic carboxylic acids is 1. The van der Waals surface area contributed by atoms with Crippen LogP contribution in [0.1, 0.15) is 13.3 Å². The zero-order valence-corrected chi connectivity index (χ0v) is 11.8. The van der Waals surface area contributed by atoms with Crippen LogP contribution in [0.3, 0.4) is 0 Å². The first-order valence-electron chi connectivity index (χ1n) is 6.57. The molecule has 0 heterocycles. The van der Waals surface area contributed by atoms with Gasteiger partial charge in [0.2, 0.25) is 0 Å². The number of hydrogen-bond acceptors (Lipinski definition) is 4. The molecule has 0 saturated heterocycles. The lowest BCUT2D eigenvalue weighted by Crippen LogP contribution is -2.49. The molecule has 116 valence electrons. The number of ether oxygens (including phenoxy) is 1. The molecule has 0 bridgehead atoms. The van der Waals surface area contributed by atoms with Gasteiger partial charge in [-0.3, -0.25) is 0 Å². The van der Waals surface area contributed by atoms with Gasteiger partial charge in [-0.15, -0.1) is 0 Å². The summed E-state index contributed by atoms with van der Waals surface area (Å²) in [6, 6.07) is 8.79. The molecule has 4 N–H and O–H groups in total. The van der Waals surface area contributed by atoms with E-state index >= 15 is 0 Å². The molecule has 0 spiro atoms. The number of carboxylic acids is 1. The van der Waals surface area contributed by atoms with Crippen LogP contribution in [0.5, 0.6) is 5.75 Å². The molecule has 1 rings (SSSR count). The Bertz CT molecular complexity index is 462. The first kappa shape index (κ1) is 16.8. The van der Waals surface area contributed by atoms with Crippen molar-refractivity contribution in [1.29, 1.82) is 0 Å². The van der Waals surface area contributed by atoms with Gasteiger partial charge in [-0.1, -0.05) is 18.2 Å². The molecule has 0 aliphatic heterocycles. The van der Waals surface area contributed by atoms with E-state index in [0.29, 0.717) is 19.6 Å². The summed E-state index contributed by atoms with van der Waals surface area (Å²) < 4.78 is 5.44. The zero-order valence-electron chi connectivity index (χ0n) is 11.8. The quantitative estimate of drug-likeness (QED) is 0.525. The number of rotatable bonds is 8. The third-order valence-electron chi connectivity index (χ3n) is 2.67. The summed E-state index contributed by atoms with van der Waals surface area (Å²) in [5.74, 6) is -0.626. The average molecular weight is 296 g/mol. The molecular weight excluding hydrogens is 276 g/mol. The Balaban J connectivity index is 2.10. The molecule has 1 unspecified atom stereocenters. The fourth-order valence-corrected chi connectivity index (χ4v) is 1.37. The lowest BCUT2D eigenvalue weighted by Gasteiger charge is -2.18. The number of hydrogen-bond donors (Lipinski definition) is 4. The fourth-order valence-electron chi connectivity index (χ4n) is 1.37. The summed E-state index contributed by atoms with van der Waals surface area (Å²) in [5.41, 5.74) is -1.98. The molecule has 0 aliphatic carbocycles. The Morgan fingerprint density at radius 1 is 1.24 bits per heavy atom. The molecule has 21 heavy (non-hydrogen) atoms. The van der Waals surface area contributed by atoms with Crippen molar-refractivity contribution >= 4 is 12.0 Å². The van der Waals surface area contributed by atoms with E-state index in [-0.39, 0.29) is 6.54 Å². The van der Waals surface area contributed by atoms with Gasteiger partial charge in [-0.05, 0) is 25.5 Å². The Hall–Kier alpha value is -2.28. The van der Waals surface area contributed by atoms with Gasteiger partial charge < -0.3 is 25.6 Å². The second-order valence-electron chi connectivity index (χ2n) is 4.70. The van der Waals surface area contributed by atoms with Crippen LogP contribution in [0.25, 0.3) is 0 Å². The number of nitrogens with one attached hydrogen (secondary N) is 2. The lowest BCUT2D eigenvalue weighted by molar-refractivity contribution is -0.155. The summed E-state index contributed by atoms with van der Waals surface area (Å²) in [5, 5.41) is 22.9. The first-order chi connectivity index (χ1) is 9.92. The molecule has 1 aromatic carbocycles. The van der Waals surface area contributed by atoms with Crippen LogP contribution in [0.4, 0.5) is 4.79 Å². The molecule has 7 nitrogen and oxygen atoms in total. The van der Waals surface area contributed by atoms with Crippen molar-refractivity contribution < 1.29 is 24.5 Å². The predicted octanol–water partition coefficient (Wildman–Crippen LogP) is 0.590. The van der Waals surface area contributed by atoms with E-state index in [1.807, 2.05) is 30.3 Å². The van der Waals surface area contributed by atoms with Crippen LogP contribution < -0.4 is 15.4 Å². The third kappa shape index (κ3) is 6.62. The normalized spacial score (nSPS) is 13.0. The topological polar surface area (TPSA) is 108 Å². The number of carbonyl (C=O) groups is 2. The molecule has 0 saturated carbocycles. The molecule has 0 radical (unpaired) electrons. The van der Waals surface area contributed by atoms with Gasteiger partial charge >= 0.3 is 12.0 Å². The SMILES string of the molecule is CC(O)(CNC(=O)NCCCOc1ccccc1)C(=O)O. The maximum Gasteiger partial charge on any atom is 0.337 e. The fraction of sp³-hybridized carbons (Fsp3) is 0.429. The monoisotopic (exact) mass is 296 g/mol. The molecule has 1 aromatic rings. The largest absolute Gasteiger partial charge is 0.494 e. The molecule has 1 atom stereocenters. The summed E-state index contributed by atoms with van der Waals surface area (Å²) in [6.45, 7) is 1.59. The van der Waals surface area contributed by atoms with Crippen molar-refractivity contribution in [3.63, 3.8) is 0 Å². The number of para-hydroxylation sites is 1. The van der Waals surface area contributed by atoms with E-state index in [2.05, 4.69) is 10.6 Å². The summed E-state index contributed by atoms with van der Waals surface area (Å²) in [7, 11) is 0. The number of carboxylic acid groups (broad SMARTS) is 1. The number of aliphatic hydroxyl groups is 1. The van der Waals surface area contributed by atoms with Crippen molar-refractivity contribution in [2.24, 2.45) is 0 Å². The van der Waals surface area contributed by atoms with E-state index in [9.17, 15) is 14.7 Å².